The predicted molar refractivity (Wildman–Crippen MR) is 70.6 cm³/mol. The van der Waals surface area contributed by atoms with Crippen LogP contribution in [0.1, 0.15) is 11.3 Å². The molecule has 2 rings (SSSR count). The van der Waals surface area contributed by atoms with Crippen molar-refractivity contribution in [2.75, 3.05) is 4.72 Å². The predicted octanol–water partition coefficient (Wildman–Crippen LogP) is 1.86. The molecule has 1 aromatic carbocycles. The molecule has 20 heavy (non-hydrogen) atoms. The monoisotopic (exact) mass is 301 g/mol. The van der Waals surface area contributed by atoms with Gasteiger partial charge in [0, 0.05) is 24.5 Å². The maximum Gasteiger partial charge on any atom is 0.263 e. The molecule has 2 aromatic rings. The number of H-pyrrole nitrogens is 1. The second kappa shape index (κ2) is 5.22. The summed E-state index contributed by atoms with van der Waals surface area (Å²) in [6, 6.07) is 3.05. The highest BCUT2D eigenvalue weighted by molar-refractivity contribution is 7.92. The standard InChI is InChI=1S/C12H13F2N3O2S/c1-7-2-11(14)12(4-10(7)13)17-20(18,19)9-3-8(5-15)16-6-9/h2-4,6,16-17H,5,15H2,1H3. The van der Waals surface area contributed by atoms with Gasteiger partial charge >= 0.3 is 0 Å². The molecule has 0 aliphatic heterocycles. The number of sulfonamides is 1. The Morgan fingerprint density at radius 2 is 1.95 bits per heavy atom. The van der Waals surface area contributed by atoms with Crippen molar-refractivity contribution in [2.24, 2.45) is 5.73 Å². The zero-order chi connectivity index (χ0) is 14.9. The fraction of sp³-hybridized carbons (Fsp3) is 0.167. The van der Waals surface area contributed by atoms with Gasteiger partial charge in [-0.1, -0.05) is 0 Å². The van der Waals surface area contributed by atoms with E-state index in [-0.39, 0.29) is 17.0 Å². The Kier molecular flexibility index (Phi) is 3.78. The molecule has 0 fully saturated rings. The van der Waals surface area contributed by atoms with Crippen molar-refractivity contribution in [1.82, 2.24) is 4.98 Å². The molecule has 1 aromatic heterocycles. The molecule has 4 N–H and O–H groups in total. The van der Waals surface area contributed by atoms with E-state index in [0.717, 1.165) is 12.1 Å². The number of benzene rings is 1. The van der Waals surface area contributed by atoms with Crippen LogP contribution in [0.4, 0.5) is 14.5 Å². The second-order valence-electron chi connectivity index (χ2n) is 4.25. The number of nitrogens with one attached hydrogen (secondary N) is 2. The summed E-state index contributed by atoms with van der Waals surface area (Å²) < 4.78 is 53.0. The van der Waals surface area contributed by atoms with Crippen molar-refractivity contribution in [3.05, 3.63) is 47.3 Å². The molecule has 0 aliphatic rings. The average Bonchev–Trinajstić information content (AvgIpc) is 2.85. The second-order valence-corrected chi connectivity index (χ2v) is 5.93. The van der Waals surface area contributed by atoms with Gasteiger partial charge in [0.1, 0.15) is 16.5 Å². The summed E-state index contributed by atoms with van der Waals surface area (Å²) in [5, 5.41) is 0. The highest BCUT2D eigenvalue weighted by atomic mass is 32.2. The molecule has 8 heteroatoms. The molecule has 0 amide bonds. The minimum atomic E-state index is -4.00. The number of rotatable bonds is 4. The Hall–Kier alpha value is -1.93. The van der Waals surface area contributed by atoms with E-state index < -0.39 is 27.3 Å². The maximum absolute atomic E-state index is 13.6. The van der Waals surface area contributed by atoms with Crippen LogP contribution in [-0.4, -0.2) is 13.4 Å². The van der Waals surface area contributed by atoms with Gasteiger partial charge < -0.3 is 10.7 Å². The number of aromatic nitrogens is 1. The summed E-state index contributed by atoms with van der Waals surface area (Å²) in [6.07, 6.45) is 1.23. The zero-order valence-electron chi connectivity index (χ0n) is 10.6. The molecule has 0 saturated heterocycles. The van der Waals surface area contributed by atoms with E-state index in [9.17, 15) is 17.2 Å². The minimum absolute atomic E-state index is 0.0949. The highest BCUT2D eigenvalue weighted by Gasteiger charge is 2.19. The molecular formula is C12H13F2N3O2S. The summed E-state index contributed by atoms with van der Waals surface area (Å²) in [6.45, 7) is 1.53. The number of anilines is 1. The maximum atomic E-state index is 13.6. The number of hydrogen-bond acceptors (Lipinski definition) is 3. The molecule has 0 aliphatic carbocycles. The van der Waals surface area contributed by atoms with Crippen LogP contribution in [0.15, 0.2) is 29.3 Å². The van der Waals surface area contributed by atoms with Gasteiger partial charge in [-0.05, 0) is 24.6 Å². The first-order chi connectivity index (χ1) is 9.33. The van der Waals surface area contributed by atoms with Gasteiger partial charge in [-0.15, -0.1) is 0 Å². The van der Waals surface area contributed by atoms with Crippen molar-refractivity contribution in [1.29, 1.82) is 0 Å². The molecule has 0 saturated carbocycles. The molecule has 0 unspecified atom stereocenters. The molecule has 0 atom stereocenters. The largest absolute Gasteiger partial charge is 0.363 e. The first-order valence-corrected chi connectivity index (χ1v) is 7.17. The molecule has 1 heterocycles. The topological polar surface area (TPSA) is 88.0 Å². The summed E-state index contributed by atoms with van der Waals surface area (Å²) in [4.78, 5) is 2.57. The molecular weight excluding hydrogens is 288 g/mol. The van der Waals surface area contributed by atoms with Gasteiger partial charge in [-0.2, -0.15) is 0 Å². The van der Waals surface area contributed by atoms with Crippen LogP contribution in [-0.2, 0) is 16.6 Å². The molecule has 0 spiro atoms. The Labute approximate surface area is 114 Å². The van der Waals surface area contributed by atoms with Crippen molar-refractivity contribution < 1.29 is 17.2 Å². The van der Waals surface area contributed by atoms with Crippen molar-refractivity contribution >= 4 is 15.7 Å². The molecule has 5 nitrogen and oxygen atoms in total. The summed E-state index contributed by atoms with van der Waals surface area (Å²) >= 11 is 0. The van der Waals surface area contributed by atoms with Gasteiger partial charge in [0.05, 0.1) is 5.69 Å². The van der Waals surface area contributed by atoms with Crippen LogP contribution < -0.4 is 10.5 Å². The Morgan fingerprint density at radius 1 is 1.25 bits per heavy atom. The third-order valence-corrected chi connectivity index (χ3v) is 4.08. The first kappa shape index (κ1) is 14.5. The van der Waals surface area contributed by atoms with Crippen molar-refractivity contribution in [3.8, 4) is 0 Å². The quantitative estimate of drug-likeness (QED) is 0.805. The van der Waals surface area contributed by atoms with Crippen LogP contribution in [0.25, 0.3) is 0 Å². The number of aryl methyl sites for hydroxylation is 1. The van der Waals surface area contributed by atoms with Gasteiger partial charge in [-0.3, -0.25) is 4.72 Å². The van der Waals surface area contributed by atoms with Crippen LogP contribution >= 0.6 is 0 Å². The molecule has 0 bridgehead atoms. The SMILES string of the molecule is Cc1cc(F)c(NS(=O)(=O)c2c[nH]c(CN)c2)cc1F. The van der Waals surface area contributed by atoms with Crippen molar-refractivity contribution in [2.45, 2.75) is 18.4 Å². The lowest BCUT2D eigenvalue weighted by Gasteiger charge is -2.08. The van der Waals surface area contributed by atoms with Crippen molar-refractivity contribution in [3.63, 3.8) is 0 Å². The lowest BCUT2D eigenvalue weighted by Crippen LogP contribution is -2.13. The normalized spacial score (nSPS) is 11.6. The number of nitrogens with two attached hydrogens (primary N) is 1. The smallest absolute Gasteiger partial charge is 0.263 e. The Bertz CT molecular complexity index is 741. The van der Waals surface area contributed by atoms with E-state index in [0.29, 0.717) is 5.69 Å². The van der Waals surface area contributed by atoms with E-state index in [1.807, 2.05) is 4.72 Å². The lowest BCUT2D eigenvalue weighted by atomic mass is 10.2. The van der Waals surface area contributed by atoms with E-state index in [2.05, 4.69) is 4.98 Å². The zero-order valence-corrected chi connectivity index (χ0v) is 11.4. The van der Waals surface area contributed by atoms with Crippen LogP contribution in [0.5, 0.6) is 0 Å². The van der Waals surface area contributed by atoms with Gasteiger partial charge in [0.2, 0.25) is 0 Å². The average molecular weight is 301 g/mol. The molecule has 108 valence electrons. The number of aromatic amines is 1. The minimum Gasteiger partial charge on any atom is -0.363 e. The van der Waals surface area contributed by atoms with E-state index >= 15 is 0 Å². The first-order valence-electron chi connectivity index (χ1n) is 5.69. The van der Waals surface area contributed by atoms with Crippen LogP contribution in [0.2, 0.25) is 0 Å². The van der Waals surface area contributed by atoms with Gasteiger partial charge in [0.25, 0.3) is 10.0 Å². The van der Waals surface area contributed by atoms with Crippen LogP contribution in [0.3, 0.4) is 0 Å². The van der Waals surface area contributed by atoms with Gasteiger partial charge in [0.15, 0.2) is 0 Å². The highest BCUT2D eigenvalue weighted by Crippen LogP contribution is 2.22. The van der Waals surface area contributed by atoms with Crippen LogP contribution in [0, 0.1) is 18.6 Å². The number of hydrogen-bond donors (Lipinski definition) is 3. The van der Waals surface area contributed by atoms with E-state index in [4.69, 9.17) is 5.73 Å². The van der Waals surface area contributed by atoms with E-state index in [1.165, 1.54) is 19.2 Å². The van der Waals surface area contributed by atoms with E-state index in [1.54, 1.807) is 0 Å². The summed E-state index contributed by atoms with van der Waals surface area (Å²) in [7, 11) is -4.00. The third kappa shape index (κ3) is 2.81. The van der Waals surface area contributed by atoms with Gasteiger partial charge in [-0.25, -0.2) is 17.2 Å². The Morgan fingerprint density at radius 3 is 2.55 bits per heavy atom. The fourth-order valence-electron chi connectivity index (χ4n) is 1.62. The number of halogens is 2. The summed E-state index contributed by atoms with van der Waals surface area (Å²) in [5.41, 5.74) is 5.53. The fourth-order valence-corrected chi connectivity index (χ4v) is 2.70. The lowest BCUT2D eigenvalue weighted by molar-refractivity contribution is 0.590. The third-order valence-electron chi connectivity index (χ3n) is 2.74. The molecule has 0 radical (unpaired) electrons. The summed E-state index contributed by atoms with van der Waals surface area (Å²) in [5.74, 6) is -1.54. The Balaban J connectivity index is 2.35.